The summed E-state index contributed by atoms with van der Waals surface area (Å²) >= 11 is 6.67. The van der Waals surface area contributed by atoms with Crippen molar-refractivity contribution in [2.24, 2.45) is 5.92 Å². The first-order valence-corrected chi connectivity index (χ1v) is 10.7. The Bertz CT molecular complexity index is 896. The minimum Gasteiger partial charge on any atom is -0.311 e. The predicted octanol–water partition coefficient (Wildman–Crippen LogP) is 4.98. The quantitative estimate of drug-likeness (QED) is 0.592. The molecule has 0 saturated heterocycles. The number of amides is 1. The molecule has 0 radical (unpaired) electrons. The standard InChI is InChI=1S/C17H17BrN4OS2/c1-10(11-2-3-11)22-15(4-5-19-22)21-16(23)7-13-9-25-17(20-13)14-6-12(18)8-24-14/h4-6,8-11H,2-3,7H2,1H3,(H,21,23). The van der Waals surface area contributed by atoms with Crippen LogP contribution in [0.15, 0.2) is 33.6 Å². The monoisotopic (exact) mass is 436 g/mol. The second-order valence-electron chi connectivity index (χ2n) is 6.24. The highest BCUT2D eigenvalue weighted by molar-refractivity contribution is 9.10. The first kappa shape index (κ1) is 16.9. The lowest BCUT2D eigenvalue weighted by atomic mass is 10.2. The molecule has 1 unspecified atom stereocenters. The van der Waals surface area contributed by atoms with Gasteiger partial charge in [-0.25, -0.2) is 9.67 Å². The van der Waals surface area contributed by atoms with Crippen LogP contribution < -0.4 is 5.32 Å². The number of carbonyl (C=O) groups is 1. The lowest BCUT2D eigenvalue weighted by Crippen LogP contribution is -2.19. The Morgan fingerprint density at radius 1 is 1.44 bits per heavy atom. The zero-order chi connectivity index (χ0) is 17.4. The topological polar surface area (TPSA) is 59.8 Å². The Labute approximate surface area is 162 Å². The lowest BCUT2D eigenvalue weighted by molar-refractivity contribution is -0.115. The summed E-state index contributed by atoms with van der Waals surface area (Å²) in [4.78, 5) is 18.1. The fourth-order valence-electron chi connectivity index (χ4n) is 2.79. The van der Waals surface area contributed by atoms with E-state index in [4.69, 9.17) is 0 Å². The van der Waals surface area contributed by atoms with Gasteiger partial charge in [-0.1, -0.05) is 0 Å². The van der Waals surface area contributed by atoms with Crippen molar-refractivity contribution in [3.05, 3.63) is 39.3 Å². The van der Waals surface area contributed by atoms with Gasteiger partial charge in [0.05, 0.1) is 29.2 Å². The fourth-order valence-corrected chi connectivity index (χ4v) is 5.12. The van der Waals surface area contributed by atoms with Gasteiger partial charge < -0.3 is 5.32 Å². The van der Waals surface area contributed by atoms with E-state index in [2.05, 4.69) is 38.3 Å². The van der Waals surface area contributed by atoms with E-state index in [1.165, 1.54) is 12.8 Å². The molecule has 3 aromatic heterocycles. The predicted molar refractivity (Wildman–Crippen MR) is 105 cm³/mol. The molecule has 0 spiro atoms. The summed E-state index contributed by atoms with van der Waals surface area (Å²) < 4.78 is 2.98. The third-order valence-electron chi connectivity index (χ3n) is 4.30. The van der Waals surface area contributed by atoms with Crippen LogP contribution in [-0.2, 0) is 11.2 Å². The molecule has 1 fully saturated rings. The molecule has 1 aliphatic rings. The molecule has 3 aromatic rings. The minimum atomic E-state index is -0.0612. The second kappa shape index (κ2) is 7.01. The van der Waals surface area contributed by atoms with Gasteiger partial charge in [-0.3, -0.25) is 4.79 Å². The fraction of sp³-hybridized carbons (Fsp3) is 0.353. The summed E-state index contributed by atoms with van der Waals surface area (Å²) in [6.07, 6.45) is 4.50. The van der Waals surface area contributed by atoms with Crippen LogP contribution in [0.5, 0.6) is 0 Å². The van der Waals surface area contributed by atoms with E-state index in [-0.39, 0.29) is 12.3 Å². The van der Waals surface area contributed by atoms with Gasteiger partial charge in [0.25, 0.3) is 0 Å². The highest BCUT2D eigenvalue weighted by Gasteiger charge is 2.30. The van der Waals surface area contributed by atoms with Gasteiger partial charge in [0.1, 0.15) is 10.8 Å². The molecule has 3 heterocycles. The summed E-state index contributed by atoms with van der Waals surface area (Å²) in [6.45, 7) is 2.16. The van der Waals surface area contributed by atoms with E-state index >= 15 is 0 Å². The number of nitrogens with one attached hydrogen (secondary N) is 1. The van der Waals surface area contributed by atoms with Crippen molar-refractivity contribution in [1.82, 2.24) is 14.8 Å². The van der Waals surface area contributed by atoms with Crippen LogP contribution in [0.2, 0.25) is 0 Å². The van der Waals surface area contributed by atoms with Gasteiger partial charge in [0.2, 0.25) is 5.91 Å². The number of hydrogen-bond acceptors (Lipinski definition) is 5. The number of hydrogen-bond donors (Lipinski definition) is 1. The molecular formula is C17H17BrN4OS2. The van der Waals surface area contributed by atoms with Gasteiger partial charge >= 0.3 is 0 Å². The molecule has 0 aromatic carbocycles. The number of rotatable bonds is 6. The highest BCUT2D eigenvalue weighted by Crippen LogP contribution is 2.40. The first-order valence-electron chi connectivity index (χ1n) is 8.12. The van der Waals surface area contributed by atoms with Crippen molar-refractivity contribution in [1.29, 1.82) is 0 Å². The third-order valence-corrected chi connectivity index (χ3v) is 7.05. The minimum absolute atomic E-state index is 0.0612. The normalized spacial score (nSPS) is 15.3. The van der Waals surface area contributed by atoms with Crippen molar-refractivity contribution in [2.75, 3.05) is 5.32 Å². The van der Waals surface area contributed by atoms with Gasteiger partial charge in [-0.2, -0.15) is 5.10 Å². The molecule has 1 amide bonds. The number of thiophene rings is 1. The van der Waals surface area contributed by atoms with E-state index in [0.29, 0.717) is 12.0 Å². The summed E-state index contributed by atoms with van der Waals surface area (Å²) in [5.41, 5.74) is 0.795. The molecule has 0 bridgehead atoms. The Kier molecular flexibility index (Phi) is 4.75. The third kappa shape index (κ3) is 3.86. The van der Waals surface area contributed by atoms with Crippen LogP contribution in [0.1, 0.15) is 31.5 Å². The number of anilines is 1. The number of carbonyl (C=O) groups excluding carboxylic acids is 1. The van der Waals surface area contributed by atoms with Gasteiger partial charge in [-0.05, 0) is 47.7 Å². The van der Waals surface area contributed by atoms with E-state index in [9.17, 15) is 4.79 Å². The maximum absolute atomic E-state index is 12.4. The molecule has 130 valence electrons. The average molecular weight is 437 g/mol. The first-order chi connectivity index (χ1) is 12.1. The summed E-state index contributed by atoms with van der Waals surface area (Å²) in [5.74, 6) is 1.39. The Hall–Kier alpha value is -1.51. The molecule has 1 saturated carbocycles. The van der Waals surface area contributed by atoms with Crippen LogP contribution in [0.4, 0.5) is 5.82 Å². The molecule has 1 atom stereocenters. The molecule has 1 aliphatic carbocycles. The van der Waals surface area contributed by atoms with E-state index in [1.54, 1.807) is 28.9 Å². The highest BCUT2D eigenvalue weighted by atomic mass is 79.9. The van der Waals surface area contributed by atoms with Crippen LogP contribution >= 0.6 is 38.6 Å². The molecule has 1 N–H and O–H groups in total. The van der Waals surface area contributed by atoms with Crippen LogP contribution in [-0.4, -0.2) is 20.7 Å². The Morgan fingerprint density at radius 2 is 2.28 bits per heavy atom. The SMILES string of the molecule is CC(C1CC1)n1nccc1NC(=O)Cc1csc(-c2cc(Br)cs2)n1. The van der Waals surface area contributed by atoms with Crippen molar-refractivity contribution in [3.8, 4) is 9.88 Å². The van der Waals surface area contributed by atoms with E-state index in [1.807, 2.05) is 27.6 Å². The average Bonchev–Trinajstić information content (AvgIpc) is 2.94. The zero-order valence-corrected chi connectivity index (χ0v) is 16.8. The van der Waals surface area contributed by atoms with Crippen LogP contribution in [0, 0.1) is 5.92 Å². The molecule has 25 heavy (non-hydrogen) atoms. The molecule has 4 rings (SSSR count). The van der Waals surface area contributed by atoms with Gasteiger partial charge in [0, 0.05) is 21.3 Å². The molecule has 5 nitrogen and oxygen atoms in total. The molecule has 8 heteroatoms. The van der Waals surface area contributed by atoms with Crippen molar-refractivity contribution < 1.29 is 4.79 Å². The molecular weight excluding hydrogens is 420 g/mol. The van der Waals surface area contributed by atoms with Crippen LogP contribution in [0.3, 0.4) is 0 Å². The Balaban J connectivity index is 1.41. The number of nitrogens with zero attached hydrogens (tertiary/aromatic N) is 3. The summed E-state index contributed by atoms with van der Waals surface area (Å²) in [5, 5.41) is 12.3. The summed E-state index contributed by atoms with van der Waals surface area (Å²) in [6, 6.07) is 4.23. The smallest absolute Gasteiger partial charge is 0.231 e. The van der Waals surface area contributed by atoms with E-state index in [0.717, 1.165) is 25.9 Å². The number of thiazole rings is 1. The van der Waals surface area contributed by atoms with Gasteiger partial charge in [-0.15, -0.1) is 22.7 Å². The van der Waals surface area contributed by atoms with E-state index < -0.39 is 0 Å². The molecule has 0 aliphatic heterocycles. The van der Waals surface area contributed by atoms with Crippen molar-refractivity contribution in [2.45, 2.75) is 32.2 Å². The number of halogens is 1. The maximum atomic E-state index is 12.4. The van der Waals surface area contributed by atoms with Crippen molar-refractivity contribution >= 4 is 50.3 Å². The largest absolute Gasteiger partial charge is 0.311 e. The zero-order valence-electron chi connectivity index (χ0n) is 13.6. The summed E-state index contributed by atoms with van der Waals surface area (Å²) in [7, 11) is 0. The van der Waals surface area contributed by atoms with Gasteiger partial charge in [0.15, 0.2) is 0 Å². The van der Waals surface area contributed by atoms with Crippen molar-refractivity contribution in [3.63, 3.8) is 0 Å². The Morgan fingerprint density at radius 3 is 3.00 bits per heavy atom. The number of aromatic nitrogens is 3. The van der Waals surface area contributed by atoms with Crippen LogP contribution in [0.25, 0.3) is 9.88 Å². The maximum Gasteiger partial charge on any atom is 0.231 e. The second-order valence-corrected chi connectivity index (χ2v) is 8.92. The lowest BCUT2D eigenvalue weighted by Gasteiger charge is -2.15.